The summed E-state index contributed by atoms with van der Waals surface area (Å²) in [6.07, 6.45) is 4.79. The summed E-state index contributed by atoms with van der Waals surface area (Å²) in [6, 6.07) is 13.4. The first-order chi connectivity index (χ1) is 15.0. The molecule has 0 bridgehead atoms. The molecule has 0 aliphatic rings. The highest BCUT2D eigenvalue weighted by molar-refractivity contribution is 6.35. The van der Waals surface area contributed by atoms with Gasteiger partial charge in [-0.25, -0.2) is 5.43 Å². The molecular weight excluding hydrogens is 394 g/mol. The molecule has 1 aromatic carbocycles. The van der Waals surface area contributed by atoms with Gasteiger partial charge < -0.3 is 14.6 Å². The number of aromatic nitrogens is 2. The Kier molecular flexibility index (Phi) is 7.16. The number of aryl methyl sites for hydroxylation is 1. The monoisotopic (exact) mass is 419 g/mol. The van der Waals surface area contributed by atoms with Crippen molar-refractivity contribution in [3.05, 3.63) is 77.4 Å². The molecule has 0 aliphatic carbocycles. The minimum atomic E-state index is -0.833. The minimum Gasteiger partial charge on any atom is -0.494 e. The molecule has 2 amide bonds. The Hall–Kier alpha value is -3.94. The predicted octanol–water partition coefficient (Wildman–Crippen LogP) is 2.65. The van der Waals surface area contributed by atoms with Crippen molar-refractivity contribution in [2.45, 2.75) is 27.3 Å². The molecule has 3 aromatic rings. The maximum absolute atomic E-state index is 11.9. The fourth-order valence-electron chi connectivity index (χ4n) is 3.15. The van der Waals surface area contributed by atoms with Gasteiger partial charge in [-0.15, -0.1) is 0 Å². The Labute approximate surface area is 181 Å². The van der Waals surface area contributed by atoms with Crippen LogP contribution >= 0.6 is 0 Å². The highest BCUT2D eigenvalue weighted by Gasteiger charge is 2.13. The molecule has 2 N–H and O–H groups in total. The molecule has 8 nitrogen and oxygen atoms in total. The van der Waals surface area contributed by atoms with Crippen LogP contribution in [0.2, 0.25) is 0 Å². The molecule has 2 aromatic heterocycles. The predicted molar refractivity (Wildman–Crippen MR) is 118 cm³/mol. The van der Waals surface area contributed by atoms with Crippen LogP contribution in [0.4, 0.5) is 0 Å². The molecule has 8 heteroatoms. The van der Waals surface area contributed by atoms with E-state index < -0.39 is 11.8 Å². The lowest BCUT2D eigenvalue weighted by atomic mass is 10.2. The fourth-order valence-corrected chi connectivity index (χ4v) is 3.15. The van der Waals surface area contributed by atoms with Crippen molar-refractivity contribution in [1.82, 2.24) is 20.3 Å². The molecule has 0 unspecified atom stereocenters. The zero-order valence-electron chi connectivity index (χ0n) is 17.8. The SMILES string of the molecule is CCOc1ccc(-n2c(C)cc(/C=N\NC(=O)C(=O)NCc3cccnc3)c2C)cc1. The zero-order valence-corrected chi connectivity index (χ0v) is 17.8. The third kappa shape index (κ3) is 5.57. The van der Waals surface area contributed by atoms with Crippen LogP contribution in [-0.4, -0.2) is 34.2 Å². The van der Waals surface area contributed by atoms with Gasteiger partial charge in [-0.05, 0) is 62.7 Å². The largest absolute Gasteiger partial charge is 0.494 e. The first-order valence-electron chi connectivity index (χ1n) is 9.92. The lowest BCUT2D eigenvalue weighted by molar-refractivity contribution is -0.139. The molecule has 31 heavy (non-hydrogen) atoms. The molecule has 0 saturated heterocycles. The number of nitrogens with one attached hydrogen (secondary N) is 2. The van der Waals surface area contributed by atoms with Crippen LogP contribution in [-0.2, 0) is 16.1 Å². The second kappa shape index (κ2) is 10.2. The number of pyridine rings is 1. The molecule has 160 valence electrons. The van der Waals surface area contributed by atoms with Crippen molar-refractivity contribution in [1.29, 1.82) is 0 Å². The Balaban J connectivity index is 1.61. The molecule has 0 saturated carbocycles. The Morgan fingerprint density at radius 1 is 1.16 bits per heavy atom. The van der Waals surface area contributed by atoms with Crippen molar-refractivity contribution < 1.29 is 14.3 Å². The molecule has 2 heterocycles. The summed E-state index contributed by atoms with van der Waals surface area (Å²) in [5, 5.41) is 6.46. The molecule has 0 aliphatic heterocycles. The minimum absolute atomic E-state index is 0.215. The highest BCUT2D eigenvalue weighted by Crippen LogP contribution is 2.22. The van der Waals surface area contributed by atoms with Gasteiger partial charge in [-0.2, -0.15) is 5.10 Å². The van der Waals surface area contributed by atoms with Gasteiger partial charge in [0.1, 0.15) is 5.75 Å². The second-order valence-electron chi connectivity index (χ2n) is 6.83. The molecular formula is C23H25N5O3. The Morgan fingerprint density at radius 2 is 1.94 bits per heavy atom. The summed E-state index contributed by atoms with van der Waals surface area (Å²) >= 11 is 0. The lowest BCUT2D eigenvalue weighted by Gasteiger charge is -2.10. The van der Waals surface area contributed by atoms with E-state index in [4.69, 9.17) is 4.74 Å². The van der Waals surface area contributed by atoms with Crippen LogP contribution in [0.1, 0.15) is 29.4 Å². The summed E-state index contributed by atoms with van der Waals surface area (Å²) in [5.41, 5.74) is 6.87. The average Bonchev–Trinajstić information content (AvgIpc) is 3.06. The van der Waals surface area contributed by atoms with E-state index in [0.29, 0.717) is 6.61 Å². The number of amides is 2. The quantitative estimate of drug-likeness (QED) is 0.349. The third-order valence-electron chi connectivity index (χ3n) is 4.63. The number of benzene rings is 1. The van der Waals surface area contributed by atoms with Gasteiger partial charge in [0.25, 0.3) is 0 Å². The van der Waals surface area contributed by atoms with Gasteiger partial charge in [0.05, 0.1) is 12.8 Å². The normalized spacial score (nSPS) is 10.8. The van der Waals surface area contributed by atoms with E-state index in [1.54, 1.807) is 18.5 Å². The smallest absolute Gasteiger partial charge is 0.329 e. The number of hydrogen-bond donors (Lipinski definition) is 2. The molecule has 0 fully saturated rings. The topological polar surface area (TPSA) is 97.6 Å². The fraction of sp³-hybridized carbons (Fsp3) is 0.217. The van der Waals surface area contributed by atoms with Crippen molar-refractivity contribution in [3.63, 3.8) is 0 Å². The van der Waals surface area contributed by atoms with E-state index in [0.717, 1.165) is 34.0 Å². The van der Waals surface area contributed by atoms with Gasteiger partial charge in [0, 0.05) is 41.6 Å². The maximum Gasteiger partial charge on any atom is 0.329 e. The number of carbonyl (C=O) groups excluding carboxylic acids is 2. The van der Waals surface area contributed by atoms with E-state index in [1.165, 1.54) is 6.21 Å². The molecule has 0 atom stereocenters. The number of nitrogens with zero attached hydrogens (tertiary/aromatic N) is 3. The first kappa shape index (κ1) is 21.8. The third-order valence-corrected chi connectivity index (χ3v) is 4.63. The summed E-state index contributed by atoms with van der Waals surface area (Å²) in [4.78, 5) is 27.8. The highest BCUT2D eigenvalue weighted by atomic mass is 16.5. The summed E-state index contributed by atoms with van der Waals surface area (Å²) in [6.45, 7) is 6.74. The number of hydrazone groups is 1. The standard InChI is InChI=1S/C23H25N5O3/c1-4-31-21-9-7-20(8-10-21)28-16(2)12-19(17(28)3)15-26-27-23(30)22(29)25-14-18-6-5-11-24-13-18/h5-13,15H,4,14H2,1-3H3,(H,25,29)(H,27,30)/b26-15-. The van der Waals surface area contributed by atoms with Gasteiger partial charge >= 0.3 is 11.8 Å². The van der Waals surface area contributed by atoms with Gasteiger partial charge in [-0.3, -0.25) is 14.6 Å². The first-order valence-corrected chi connectivity index (χ1v) is 9.92. The van der Waals surface area contributed by atoms with E-state index in [2.05, 4.69) is 25.4 Å². The van der Waals surface area contributed by atoms with E-state index in [-0.39, 0.29) is 6.54 Å². The Bertz CT molecular complexity index is 1070. The molecule has 3 rings (SSSR count). The number of ether oxygens (including phenoxy) is 1. The van der Waals surface area contributed by atoms with Gasteiger partial charge in [0.15, 0.2) is 0 Å². The van der Waals surface area contributed by atoms with E-state index in [1.807, 2.05) is 57.2 Å². The van der Waals surface area contributed by atoms with E-state index in [9.17, 15) is 9.59 Å². The van der Waals surface area contributed by atoms with Crippen LogP contribution in [0.15, 0.2) is 60.0 Å². The zero-order chi connectivity index (χ0) is 22.2. The summed E-state index contributed by atoms with van der Waals surface area (Å²) in [5.74, 6) is -0.777. The van der Waals surface area contributed by atoms with Crippen molar-refractivity contribution in [3.8, 4) is 11.4 Å². The average molecular weight is 419 g/mol. The number of rotatable bonds is 7. The van der Waals surface area contributed by atoms with E-state index >= 15 is 0 Å². The van der Waals surface area contributed by atoms with Crippen molar-refractivity contribution >= 4 is 18.0 Å². The van der Waals surface area contributed by atoms with Crippen LogP contribution in [0.5, 0.6) is 5.75 Å². The molecule has 0 radical (unpaired) electrons. The summed E-state index contributed by atoms with van der Waals surface area (Å²) in [7, 11) is 0. The maximum atomic E-state index is 11.9. The van der Waals surface area contributed by atoms with Crippen LogP contribution in [0.25, 0.3) is 5.69 Å². The van der Waals surface area contributed by atoms with Crippen LogP contribution in [0.3, 0.4) is 0 Å². The Morgan fingerprint density at radius 3 is 2.61 bits per heavy atom. The molecule has 0 spiro atoms. The summed E-state index contributed by atoms with van der Waals surface area (Å²) < 4.78 is 7.58. The van der Waals surface area contributed by atoms with Crippen molar-refractivity contribution in [2.75, 3.05) is 6.61 Å². The van der Waals surface area contributed by atoms with Gasteiger partial charge in [-0.1, -0.05) is 6.07 Å². The van der Waals surface area contributed by atoms with Gasteiger partial charge in [0.2, 0.25) is 0 Å². The number of hydrogen-bond acceptors (Lipinski definition) is 5. The number of carbonyl (C=O) groups is 2. The lowest BCUT2D eigenvalue weighted by Crippen LogP contribution is -2.37. The van der Waals surface area contributed by atoms with Crippen molar-refractivity contribution in [2.24, 2.45) is 5.10 Å². The van der Waals surface area contributed by atoms with Crippen LogP contribution < -0.4 is 15.5 Å². The van der Waals surface area contributed by atoms with Crippen LogP contribution in [0, 0.1) is 13.8 Å². The second-order valence-corrected chi connectivity index (χ2v) is 6.83.